The molecule has 1 aromatic carbocycles. The largest absolute Gasteiger partial charge is 0.478 e. The number of aromatic carboxylic acids is 1. The number of benzene rings is 1. The second kappa shape index (κ2) is 9.97. The van der Waals surface area contributed by atoms with E-state index >= 15 is 0 Å². The topological polar surface area (TPSA) is 66.4 Å². The van der Waals surface area contributed by atoms with Gasteiger partial charge < -0.3 is 10.4 Å². The van der Waals surface area contributed by atoms with Gasteiger partial charge in [-0.3, -0.25) is 4.79 Å². The number of carbonyl (C=O) groups is 2. The Labute approximate surface area is 126 Å². The monoisotopic (exact) mass is 291 g/mol. The average molecular weight is 291 g/mol. The minimum Gasteiger partial charge on any atom is -0.478 e. The molecule has 4 nitrogen and oxygen atoms in total. The Morgan fingerprint density at radius 1 is 1.00 bits per heavy atom. The van der Waals surface area contributed by atoms with Gasteiger partial charge in [0.2, 0.25) is 5.91 Å². The normalized spacial score (nSPS) is 10.3. The Bertz CT molecular complexity index is 457. The van der Waals surface area contributed by atoms with E-state index in [0.29, 0.717) is 12.1 Å². The van der Waals surface area contributed by atoms with Crippen LogP contribution in [-0.2, 0) is 4.79 Å². The molecule has 0 spiro atoms. The van der Waals surface area contributed by atoms with E-state index in [1.807, 2.05) is 0 Å². The Morgan fingerprint density at radius 3 is 2.29 bits per heavy atom. The second-order valence-corrected chi connectivity index (χ2v) is 5.27. The minimum absolute atomic E-state index is 0.114. The van der Waals surface area contributed by atoms with Crippen molar-refractivity contribution < 1.29 is 14.7 Å². The van der Waals surface area contributed by atoms with Gasteiger partial charge >= 0.3 is 5.97 Å². The molecular formula is C17H25NO3. The van der Waals surface area contributed by atoms with Gasteiger partial charge in [-0.25, -0.2) is 4.79 Å². The van der Waals surface area contributed by atoms with Crippen LogP contribution in [0.4, 0.5) is 5.69 Å². The lowest BCUT2D eigenvalue weighted by atomic mass is 10.1. The van der Waals surface area contributed by atoms with Gasteiger partial charge in [-0.05, 0) is 18.6 Å². The van der Waals surface area contributed by atoms with E-state index in [9.17, 15) is 9.59 Å². The quantitative estimate of drug-likeness (QED) is 0.625. The van der Waals surface area contributed by atoms with Crippen LogP contribution in [0.3, 0.4) is 0 Å². The molecule has 0 radical (unpaired) electrons. The van der Waals surface area contributed by atoms with E-state index in [1.165, 1.54) is 38.2 Å². The molecule has 0 bridgehead atoms. The summed E-state index contributed by atoms with van der Waals surface area (Å²) in [5, 5.41) is 11.7. The molecule has 0 aliphatic rings. The number of nitrogens with one attached hydrogen (secondary N) is 1. The molecule has 0 fully saturated rings. The van der Waals surface area contributed by atoms with Crippen LogP contribution < -0.4 is 5.32 Å². The fourth-order valence-corrected chi connectivity index (χ4v) is 2.23. The molecule has 0 aromatic heterocycles. The smallest absolute Gasteiger partial charge is 0.337 e. The number of rotatable bonds is 10. The number of hydrogen-bond acceptors (Lipinski definition) is 2. The molecule has 0 aliphatic carbocycles. The van der Waals surface area contributed by atoms with Crippen LogP contribution in [0.25, 0.3) is 0 Å². The molecule has 1 aromatic rings. The molecule has 0 unspecified atom stereocenters. The van der Waals surface area contributed by atoms with Gasteiger partial charge in [-0.2, -0.15) is 0 Å². The van der Waals surface area contributed by atoms with E-state index in [2.05, 4.69) is 12.2 Å². The Hall–Kier alpha value is -1.84. The lowest BCUT2D eigenvalue weighted by Gasteiger charge is -2.08. The number of carboxylic acid groups (broad SMARTS) is 1. The van der Waals surface area contributed by atoms with E-state index < -0.39 is 5.97 Å². The maximum Gasteiger partial charge on any atom is 0.337 e. The lowest BCUT2D eigenvalue weighted by Crippen LogP contribution is -2.14. The van der Waals surface area contributed by atoms with Gasteiger partial charge in [0.1, 0.15) is 0 Å². The van der Waals surface area contributed by atoms with Crippen molar-refractivity contribution in [3.05, 3.63) is 29.8 Å². The first kappa shape index (κ1) is 17.2. The Balaban J connectivity index is 2.27. The SMILES string of the molecule is CCCCCCCCCC(=O)Nc1ccccc1C(=O)O. The van der Waals surface area contributed by atoms with Crippen molar-refractivity contribution in [2.24, 2.45) is 0 Å². The molecule has 0 heterocycles. The molecule has 0 atom stereocenters. The van der Waals surface area contributed by atoms with Gasteiger partial charge in [0.25, 0.3) is 0 Å². The third-order valence-electron chi connectivity index (χ3n) is 3.44. The molecule has 4 heteroatoms. The average Bonchev–Trinajstić information content (AvgIpc) is 2.46. The summed E-state index contributed by atoms with van der Waals surface area (Å²) in [5.41, 5.74) is 0.503. The van der Waals surface area contributed by atoms with Crippen molar-refractivity contribution in [3.63, 3.8) is 0 Å². The zero-order valence-electron chi connectivity index (χ0n) is 12.7. The zero-order chi connectivity index (χ0) is 15.5. The van der Waals surface area contributed by atoms with Crippen molar-refractivity contribution in [3.8, 4) is 0 Å². The van der Waals surface area contributed by atoms with Crippen molar-refractivity contribution >= 4 is 17.6 Å². The predicted molar refractivity (Wildman–Crippen MR) is 84.6 cm³/mol. The summed E-state index contributed by atoms with van der Waals surface area (Å²) in [6.45, 7) is 2.19. The highest BCUT2D eigenvalue weighted by Gasteiger charge is 2.11. The van der Waals surface area contributed by atoms with E-state index in [0.717, 1.165) is 12.8 Å². The van der Waals surface area contributed by atoms with E-state index in [-0.39, 0.29) is 11.5 Å². The number of hydrogen-bond donors (Lipinski definition) is 2. The van der Waals surface area contributed by atoms with Gasteiger partial charge in [0.05, 0.1) is 11.3 Å². The van der Waals surface area contributed by atoms with Crippen LogP contribution in [0.5, 0.6) is 0 Å². The number of amides is 1. The highest BCUT2D eigenvalue weighted by atomic mass is 16.4. The summed E-state index contributed by atoms with van der Waals surface area (Å²) >= 11 is 0. The molecule has 21 heavy (non-hydrogen) atoms. The van der Waals surface area contributed by atoms with Crippen LogP contribution in [0.15, 0.2) is 24.3 Å². The van der Waals surface area contributed by atoms with Crippen molar-refractivity contribution in [1.29, 1.82) is 0 Å². The van der Waals surface area contributed by atoms with E-state index in [4.69, 9.17) is 5.11 Å². The maximum atomic E-state index is 11.8. The van der Waals surface area contributed by atoms with Crippen LogP contribution in [0.2, 0.25) is 0 Å². The van der Waals surface area contributed by atoms with Crippen molar-refractivity contribution in [2.45, 2.75) is 58.3 Å². The lowest BCUT2D eigenvalue weighted by molar-refractivity contribution is -0.116. The fourth-order valence-electron chi connectivity index (χ4n) is 2.23. The number of para-hydroxylation sites is 1. The number of anilines is 1. The Morgan fingerprint density at radius 2 is 1.62 bits per heavy atom. The third kappa shape index (κ3) is 6.93. The highest BCUT2D eigenvalue weighted by Crippen LogP contribution is 2.16. The summed E-state index contributed by atoms with van der Waals surface area (Å²) < 4.78 is 0. The van der Waals surface area contributed by atoms with Gasteiger partial charge in [0.15, 0.2) is 0 Å². The summed E-state index contributed by atoms with van der Waals surface area (Å²) in [7, 11) is 0. The minimum atomic E-state index is -1.03. The summed E-state index contributed by atoms with van der Waals surface area (Å²) in [4.78, 5) is 22.9. The predicted octanol–water partition coefficient (Wildman–Crippen LogP) is 4.46. The van der Waals surface area contributed by atoms with Crippen LogP contribution in [0.1, 0.15) is 68.6 Å². The molecule has 0 saturated carbocycles. The summed E-state index contributed by atoms with van der Waals surface area (Å²) in [6, 6.07) is 6.48. The first-order valence-electron chi connectivity index (χ1n) is 7.77. The number of unbranched alkanes of at least 4 members (excludes halogenated alkanes) is 6. The van der Waals surface area contributed by atoms with Crippen molar-refractivity contribution in [1.82, 2.24) is 0 Å². The first-order valence-corrected chi connectivity index (χ1v) is 7.77. The Kier molecular flexibility index (Phi) is 8.17. The third-order valence-corrected chi connectivity index (χ3v) is 3.44. The zero-order valence-corrected chi connectivity index (χ0v) is 12.7. The van der Waals surface area contributed by atoms with Gasteiger partial charge in [-0.1, -0.05) is 57.6 Å². The van der Waals surface area contributed by atoms with E-state index in [1.54, 1.807) is 18.2 Å². The van der Waals surface area contributed by atoms with Crippen LogP contribution in [-0.4, -0.2) is 17.0 Å². The first-order chi connectivity index (χ1) is 10.1. The number of carboxylic acids is 1. The molecule has 1 amide bonds. The van der Waals surface area contributed by atoms with Gasteiger partial charge in [-0.15, -0.1) is 0 Å². The molecule has 0 saturated heterocycles. The highest BCUT2D eigenvalue weighted by molar-refractivity contribution is 6.00. The maximum absolute atomic E-state index is 11.8. The second-order valence-electron chi connectivity index (χ2n) is 5.27. The molecule has 116 valence electrons. The molecular weight excluding hydrogens is 266 g/mol. The van der Waals surface area contributed by atoms with Crippen molar-refractivity contribution in [2.75, 3.05) is 5.32 Å². The summed E-state index contributed by atoms with van der Waals surface area (Å²) in [5.74, 6) is -1.14. The standard InChI is InChI=1S/C17H25NO3/c1-2-3-4-5-6-7-8-13-16(19)18-15-12-10-9-11-14(15)17(20)21/h9-12H,2-8,13H2,1H3,(H,18,19)(H,20,21). The number of carbonyl (C=O) groups excluding carboxylic acids is 1. The molecule has 1 rings (SSSR count). The summed E-state index contributed by atoms with van der Waals surface area (Å²) in [6.07, 6.45) is 8.55. The van der Waals surface area contributed by atoms with Gasteiger partial charge in [0, 0.05) is 6.42 Å². The fraction of sp³-hybridized carbons (Fsp3) is 0.529. The molecule has 0 aliphatic heterocycles. The molecule has 2 N–H and O–H groups in total. The van der Waals surface area contributed by atoms with Crippen LogP contribution >= 0.6 is 0 Å². The van der Waals surface area contributed by atoms with Crippen LogP contribution in [0, 0.1) is 0 Å².